The molecule has 1 fully saturated rings. The van der Waals surface area contributed by atoms with Gasteiger partial charge in [-0.2, -0.15) is 4.98 Å². The van der Waals surface area contributed by atoms with Crippen molar-refractivity contribution < 1.29 is 14.1 Å². The molecule has 1 aliphatic heterocycles. The third kappa shape index (κ3) is 2.82. The van der Waals surface area contributed by atoms with E-state index in [-0.39, 0.29) is 17.9 Å². The minimum Gasteiger partial charge on any atom is -0.376 e. The molecule has 2 aromatic heterocycles. The average Bonchev–Trinajstić information content (AvgIpc) is 3.14. The van der Waals surface area contributed by atoms with Crippen LogP contribution in [0.3, 0.4) is 0 Å². The van der Waals surface area contributed by atoms with Crippen LogP contribution in [-0.4, -0.2) is 35.3 Å². The standard InChI is InChI=1S/C12H13N3O3S/c16-11(13-7-8-3-1-5-17-8)12-14-10(15-18-12)9-4-2-6-19-9/h2,4,6,8H,1,3,5,7H2,(H,13,16). The van der Waals surface area contributed by atoms with Crippen LogP contribution in [0, 0.1) is 0 Å². The van der Waals surface area contributed by atoms with Crippen LogP contribution in [0.2, 0.25) is 0 Å². The van der Waals surface area contributed by atoms with Crippen LogP contribution >= 0.6 is 11.3 Å². The van der Waals surface area contributed by atoms with Crippen LogP contribution in [0.5, 0.6) is 0 Å². The van der Waals surface area contributed by atoms with Crippen LogP contribution in [-0.2, 0) is 4.74 Å². The highest BCUT2D eigenvalue weighted by molar-refractivity contribution is 7.13. The summed E-state index contributed by atoms with van der Waals surface area (Å²) in [4.78, 5) is 16.8. The smallest absolute Gasteiger partial charge is 0.316 e. The zero-order chi connectivity index (χ0) is 13.1. The molecular formula is C12H13N3O3S. The van der Waals surface area contributed by atoms with E-state index in [1.165, 1.54) is 11.3 Å². The Hall–Kier alpha value is -1.73. The fourth-order valence-corrected chi connectivity index (χ4v) is 2.56. The number of carbonyl (C=O) groups excluding carboxylic acids is 1. The Labute approximate surface area is 113 Å². The first kappa shape index (κ1) is 12.3. The van der Waals surface area contributed by atoms with Gasteiger partial charge in [0.05, 0.1) is 11.0 Å². The van der Waals surface area contributed by atoms with Crippen LogP contribution in [0.4, 0.5) is 0 Å². The second kappa shape index (κ2) is 5.50. The highest BCUT2D eigenvalue weighted by atomic mass is 32.1. The Morgan fingerprint density at radius 3 is 3.26 bits per heavy atom. The first-order valence-corrected chi connectivity index (χ1v) is 6.98. The van der Waals surface area contributed by atoms with Crippen molar-refractivity contribution in [3.05, 3.63) is 23.4 Å². The molecule has 0 aromatic carbocycles. The number of ether oxygens (including phenoxy) is 1. The number of hydrogen-bond donors (Lipinski definition) is 1. The molecule has 0 spiro atoms. The lowest BCUT2D eigenvalue weighted by Gasteiger charge is -2.08. The molecule has 6 nitrogen and oxygen atoms in total. The molecule has 3 rings (SSSR count). The Kier molecular flexibility index (Phi) is 3.56. The Bertz CT molecular complexity index is 546. The summed E-state index contributed by atoms with van der Waals surface area (Å²) >= 11 is 1.50. The third-order valence-electron chi connectivity index (χ3n) is 2.88. The maximum absolute atomic E-state index is 11.8. The van der Waals surface area contributed by atoms with Crippen molar-refractivity contribution >= 4 is 17.2 Å². The summed E-state index contributed by atoms with van der Waals surface area (Å²) in [5.41, 5.74) is 0. The molecule has 0 radical (unpaired) electrons. The molecule has 0 saturated carbocycles. The highest BCUT2D eigenvalue weighted by Crippen LogP contribution is 2.21. The van der Waals surface area contributed by atoms with Crippen molar-refractivity contribution in [1.82, 2.24) is 15.5 Å². The number of amides is 1. The lowest BCUT2D eigenvalue weighted by Crippen LogP contribution is -2.31. The maximum Gasteiger partial charge on any atom is 0.316 e. The zero-order valence-electron chi connectivity index (χ0n) is 10.2. The molecule has 3 heterocycles. The first-order valence-electron chi connectivity index (χ1n) is 6.10. The summed E-state index contributed by atoms with van der Waals surface area (Å²) in [5, 5.41) is 8.45. The van der Waals surface area contributed by atoms with Crippen LogP contribution in [0.25, 0.3) is 10.7 Å². The monoisotopic (exact) mass is 279 g/mol. The molecule has 0 bridgehead atoms. The van der Waals surface area contributed by atoms with E-state index in [9.17, 15) is 4.79 Å². The number of thiophene rings is 1. The maximum atomic E-state index is 11.8. The summed E-state index contributed by atoms with van der Waals surface area (Å²) in [7, 11) is 0. The van der Waals surface area contributed by atoms with Crippen molar-refractivity contribution in [3.8, 4) is 10.7 Å². The number of nitrogens with one attached hydrogen (secondary N) is 1. The minimum absolute atomic E-state index is 0.0126. The van der Waals surface area contributed by atoms with E-state index in [0.717, 1.165) is 24.3 Å². The molecule has 1 saturated heterocycles. The van der Waals surface area contributed by atoms with Crippen molar-refractivity contribution in [1.29, 1.82) is 0 Å². The van der Waals surface area contributed by atoms with E-state index in [2.05, 4.69) is 15.5 Å². The van der Waals surface area contributed by atoms with Gasteiger partial charge in [0.1, 0.15) is 0 Å². The van der Waals surface area contributed by atoms with Gasteiger partial charge in [-0.15, -0.1) is 11.3 Å². The van der Waals surface area contributed by atoms with Gasteiger partial charge in [0.25, 0.3) is 0 Å². The molecule has 1 atom stereocenters. The molecular weight excluding hydrogens is 266 g/mol. The Morgan fingerprint density at radius 2 is 2.53 bits per heavy atom. The molecule has 19 heavy (non-hydrogen) atoms. The molecule has 1 aliphatic rings. The van der Waals surface area contributed by atoms with Gasteiger partial charge in [-0.25, -0.2) is 0 Å². The Balaban J connectivity index is 1.60. The van der Waals surface area contributed by atoms with E-state index < -0.39 is 0 Å². The summed E-state index contributed by atoms with van der Waals surface area (Å²) < 4.78 is 10.4. The summed E-state index contributed by atoms with van der Waals surface area (Å²) in [5.74, 6) is 0.0736. The van der Waals surface area contributed by atoms with Gasteiger partial charge in [0.15, 0.2) is 0 Å². The molecule has 2 aromatic rings. The number of rotatable bonds is 4. The van der Waals surface area contributed by atoms with Crippen molar-refractivity contribution in [2.24, 2.45) is 0 Å². The molecule has 1 N–H and O–H groups in total. The molecule has 1 unspecified atom stereocenters. The predicted octanol–water partition coefficient (Wildman–Crippen LogP) is 1.71. The molecule has 7 heteroatoms. The lowest BCUT2D eigenvalue weighted by atomic mass is 10.2. The van der Waals surface area contributed by atoms with E-state index in [1.54, 1.807) is 0 Å². The summed E-state index contributed by atoms with van der Waals surface area (Å²) in [6.07, 6.45) is 2.12. The van der Waals surface area contributed by atoms with Crippen molar-refractivity contribution in [2.45, 2.75) is 18.9 Å². The fraction of sp³-hybridized carbons (Fsp3) is 0.417. The molecule has 100 valence electrons. The zero-order valence-corrected chi connectivity index (χ0v) is 11.0. The number of carbonyl (C=O) groups is 1. The highest BCUT2D eigenvalue weighted by Gasteiger charge is 2.20. The Morgan fingerprint density at radius 1 is 1.58 bits per heavy atom. The SMILES string of the molecule is O=C(NCC1CCCO1)c1nc(-c2cccs2)no1. The molecule has 1 amide bonds. The largest absolute Gasteiger partial charge is 0.376 e. The van der Waals surface area contributed by atoms with Crippen LogP contribution in [0.1, 0.15) is 23.5 Å². The average molecular weight is 279 g/mol. The van der Waals surface area contributed by atoms with Gasteiger partial charge in [-0.1, -0.05) is 11.2 Å². The first-order chi connectivity index (χ1) is 9.33. The summed E-state index contributed by atoms with van der Waals surface area (Å²) in [6, 6.07) is 3.77. The van der Waals surface area contributed by atoms with Gasteiger partial charge in [0, 0.05) is 13.2 Å². The van der Waals surface area contributed by atoms with E-state index in [4.69, 9.17) is 9.26 Å². The second-order valence-corrected chi connectivity index (χ2v) is 5.19. The second-order valence-electron chi connectivity index (χ2n) is 4.25. The van der Waals surface area contributed by atoms with Crippen molar-refractivity contribution in [2.75, 3.05) is 13.2 Å². The normalized spacial score (nSPS) is 18.6. The van der Waals surface area contributed by atoms with Gasteiger partial charge in [-0.05, 0) is 24.3 Å². The van der Waals surface area contributed by atoms with Crippen LogP contribution < -0.4 is 5.32 Å². The summed E-state index contributed by atoms with van der Waals surface area (Å²) in [6.45, 7) is 1.25. The predicted molar refractivity (Wildman–Crippen MR) is 68.9 cm³/mol. The lowest BCUT2D eigenvalue weighted by molar-refractivity contribution is 0.0822. The van der Waals surface area contributed by atoms with Gasteiger partial charge in [0.2, 0.25) is 5.82 Å². The number of aromatic nitrogens is 2. The van der Waals surface area contributed by atoms with Gasteiger partial charge < -0.3 is 14.6 Å². The van der Waals surface area contributed by atoms with E-state index in [0.29, 0.717) is 12.4 Å². The minimum atomic E-state index is -0.356. The fourth-order valence-electron chi connectivity index (χ4n) is 1.91. The quantitative estimate of drug-likeness (QED) is 0.921. The van der Waals surface area contributed by atoms with Crippen molar-refractivity contribution in [3.63, 3.8) is 0 Å². The molecule has 0 aliphatic carbocycles. The van der Waals surface area contributed by atoms with Crippen LogP contribution in [0.15, 0.2) is 22.0 Å². The van der Waals surface area contributed by atoms with Gasteiger partial charge >= 0.3 is 11.8 Å². The topological polar surface area (TPSA) is 77.2 Å². The van der Waals surface area contributed by atoms with Gasteiger partial charge in [-0.3, -0.25) is 4.79 Å². The van der Waals surface area contributed by atoms with E-state index >= 15 is 0 Å². The number of hydrogen-bond acceptors (Lipinski definition) is 6. The number of nitrogens with zero attached hydrogens (tertiary/aromatic N) is 2. The van der Waals surface area contributed by atoms with E-state index in [1.807, 2.05) is 17.5 Å². The third-order valence-corrected chi connectivity index (χ3v) is 3.74.